The maximum atomic E-state index is 12.8. The number of aryl methyl sites for hydroxylation is 1. The molecule has 228 valence electrons. The van der Waals surface area contributed by atoms with Crippen LogP contribution in [-0.4, -0.2) is 68.9 Å². The summed E-state index contributed by atoms with van der Waals surface area (Å²) in [5.41, 5.74) is 0.249. The molecule has 0 atom stereocenters. The molecule has 11 nitrogen and oxygen atoms in total. The van der Waals surface area contributed by atoms with E-state index in [1.807, 2.05) is 0 Å². The number of amides is 1. The van der Waals surface area contributed by atoms with Crippen LogP contribution < -0.4 is 18.6 Å². The van der Waals surface area contributed by atoms with Gasteiger partial charge in [0.2, 0.25) is 10.0 Å². The van der Waals surface area contributed by atoms with Gasteiger partial charge in [0.25, 0.3) is 15.9 Å². The number of alkyl halides is 6. The second kappa shape index (κ2) is 12.3. The Bertz CT molecular complexity index is 1500. The average molecular weight is 747 g/mol. The fourth-order valence-corrected chi connectivity index (χ4v) is 7.41. The topological polar surface area (TPSA) is 143 Å². The van der Waals surface area contributed by atoms with E-state index in [4.69, 9.17) is 0 Å². The number of carbonyl (C=O) groups is 1. The second-order valence-corrected chi connectivity index (χ2v) is 12.8. The molecule has 1 saturated heterocycles. The van der Waals surface area contributed by atoms with Gasteiger partial charge >= 0.3 is 12.4 Å². The number of nitrogens with one attached hydrogen (secondary N) is 1. The lowest BCUT2D eigenvalue weighted by atomic mass is 10.1. The second-order valence-electron chi connectivity index (χ2n) is 8.39. The van der Waals surface area contributed by atoms with Crippen LogP contribution in [0.3, 0.4) is 0 Å². The Hall–Kier alpha value is -2.72. The van der Waals surface area contributed by atoms with E-state index in [1.54, 1.807) is 0 Å². The highest BCUT2D eigenvalue weighted by molar-refractivity contribution is 14.1. The maximum Gasteiger partial charge on any atom is 0.422 e. The number of rotatable bonds is 11. The number of phenols is 1. The van der Waals surface area contributed by atoms with Crippen LogP contribution in [0.1, 0.15) is 12.0 Å². The summed E-state index contributed by atoms with van der Waals surface area (Å²) in [6, 6.07) is 6.04. The van der Waals surface area contributed by atoms with Crippen LogP contribution in [0.5, 0.6) is 17.2 Å². The molecule has 1 aliphatic rings. The van der Waals surface area contributed by atoms with Gasteiger partial charge < -0.3 is 14.6 Å². The van der Waals surface area contributed by atoms with Crippen LogP contribution in [0, 0.1) is 0 Å². The largest absolute Gasteiger partial charge is 0.506 e. The SMILES string of the molecule is O=C1CS(=O)(=O)N(c2ccc(CCCNS(=O)(=O)c3cc(OCC(F)(F)F)ccc3OCC(F)(F)F)cc2O)N1I. The standard InChI is InChI=1S/C21H20F6IN3O8S2/c22-20(23,24)11-38-14-4-6-17(39-12-21(25,26)27)18(9-14)41(36,37)29-7-1-2-13-3-5-15(16(32)8-13)31-30(28)19(33)10-40(31,34)35/h3-6,8-9,29,32H,1-2,7,10-12H2. The van der Waals surface area contributed by atoms with E-state index in [1.165, 1.54) is 41.1 Å². The van der Waals surface area contributed by atoms with Gasteiger partial charge in [0.05, 0.1) is 22.9 Å². The maximum absolute atomic E-state index is 12.8. The fraction of sp³-hybridized carbons (Fsp3) is 0.381. The van der Waals surface area contributed by atoms with E-state index in [0.29, 0.717) is 16.0 Å². The predicted octanol–water partition coefficient (Wildman–Crippen LogP) is 3.43. The third kappa shape index (κ3) is 8.88. The molecule has 0 bridgehead atoms. The molecule has 0 radical (unpaired) electrons. The van der Waals surface area contributed by atoms with Crippen molar-refractivity contribution >= 4 is 54.5 Å². The molecule has 2 aromatic carbocycles. The van der Waals surface area contributed by atoms with Gasteiger partial charge in [0, 0.05) is 12.6 Å². The van der Waals surface area contributed by atoms with Crippen molar-refractivity contribution in [1.29, 1.82) is 0 Å². The minimum absolute atomic E-state index is 0.0694. The highest BCUT2D eigenvalue weighted by Gasteiger charge is 2.42. The van der Waals surface area contributed by atoms with Crippen molar-refractivity contribution in [1.82, 2.24) is 7.94 Å². The number of hydrazine groups is 1. The highest BCUT2D eigenvalue weighted by Crippen LogP contribution is 2.36. The van der Waals surface area contributed by atoms with Crippen molar-refractivity contribution in [3.63, 3.8) is 0 Å². The van der Waals surface area contributed by atoms with Crippen LogP contribution in [0.25, 0.3) is 0 Å². The van der Waals surface area contributed by atoms with Gasteiger partial charge in [-0.15, -0.1) is 0 Å². The van der Waals surface area contributed by atoms with E-state index in [9.17, 15) is 53.1 Å². The molecule has 1 fully saturated rings. The van der Waals surface area contributed by atoms with Gasteiger partial charge in [-0.2, -0.15) is 34.0 Å². The van der Waals surface area contributed by atoms with E-state index in [-0.39, 0.29) is 25.1 Å². The van der Waals surface area contributed by atoms with Crippen molar-refractivity contribution in [2.24, 2.45) is 0 Å². The number of ether oxygens (including phenoxy) is 2. The highest BCUT2D eigenvalue weighted by atomic mass is 127. The molecule has 0 aliphatic carbocycles. The Morgan fingerprint density at radius 2 is 1.63 bits per heavy atom. The number of aromatic hydroxyl groups is 1. The van der Waals surface area contributed by atoms with Crippen molar-refractivity contribution in [3.05, 3.63) is 42.0 Å². The lowest BCUT2D eigenvalue weighted by Crippen LogP contribution is -2.33. The number of hydrogen-bond acceptors (Lipinski definition) is 8. The van der Waals surface area contributed by atoms with Gasteiger partial charge in [-0.25, -0.2) is 21.6 Å². The van der Waals surface area contributed by atoms with Crippen LogP contribution in [0.2, 0.25) is 0 Å². The van der Waals surface area contributed by atoms with Crippen LogP contribution in [0.15, 0.2) is 41.3 Å². The Morgan fingerprint density at radius 1 is 1.00 bits per heavy atom. The first-order valence-electron chi connectivity index (χ1n) is 11.2. The summed E-state index contributed by atoms with van der Waals surface area (Å²) >= 11 is 1.47. The van der Waals surface area contributed by atoms with Gasteiger partial charge in [-0.05, 0) is 42.7 Å². The molecule has 1 aliphatic heterocycles. The molecule has 20 heteroatoms. The van der Waals surface area contributed by atoms with E-state index in [2.05, 4.69) is 14.2 Å². The fourth-order valence-electron chi connectivity index (χ4n) is 3.42. The normalized spacial score (nSPS) is 15.8. The third-order valence-electron chi connectivity index (χ3n) is 5.11. The zero-order valence-corrected chi connectivity index (χ0v) is 24.2. The molecular weight excluding hydrogens is 727 g/mol. The van der Waals surface area contributed by atoms with E-state index >= 15 is 0 Å². The molecule has 2 aromatic rings. The van der Waals surface area contributed by atoms with Gasteiger partial charge in [-0.1, -0.05) is 6.07 Å². The van der Waals surface area contributed by atoms with E-state index < -0.39 is 79.4 Å². The summed E-state index contributed by atoms with van der Waals surface area (Å²) in [6.45, 7) is -3.93. The van der Waals surface area contributed by atoms with Crippen molar-refractivity contribution in [2.75, 3.05) is 29.9 Å². The first kappa shape index (κ1) is 32.8. The lowest BCUT2D eigenvalue weighted by molar-refractivity contribution is -0.154. The van der Waals surface area contributed by atoms with Crippen LogP contribution in [-0.2, 0) is 31.3 Å². The Morgan fingerprint density at radius 3 is 2.20 bits per heavy atom. The lowest BCUT2D eigenvalue weighted by Gasteiger charge is -2.23. The molecule has 0 saturated carbocycles. The van der Waals surface area contributed by atoms with Crippen molar-refractivity contribution < 1.29 is 62.6 Å². The number of phenolic OH excluding ortho intramolecular Hbond substituents is 1. The van der Waals surface area contributed by atoms with Gasteiger partial charge in [-0.3, -0.25) is 4.79 Å². The minimum Gasteiger partial charge on any atom is -0.506 e. The quantitative estimate of drug-likeness (QED) is 0.154. The smallest absolute Gasteiger partial charge is 0.422 e. The number of benzene rings is 2. The number of hydrogen-bond donors (Lipinski definition) is 2. The molecule has 0 aromatic heterocycles. The molecule has 2 N–H and O–H groups in total. The number of carbonyl (C=O) groups excluding carboxylic acids is 1. The molecule has 3 rings (SSSR count). The number of halogens is 7. The van der Waals surface area contributed by atoms with Crippen molar-refractivity contribution in [3.8, 4) is 17.2 Å². The molecule has 0 spiro atoms. The molecule has 1 heterocycles. The minimum atomic E-state index is -4.83. The summed E-state index contributed by atoms with van der Waals surface area (Å²) in [7, 11) is -8.64. The Kier molecular flexibility index (Phi) is 9.80. The molecular formula is C21H20F6IN3O8S2. The number of sulfonamides is 2. The summed E-state index contributed by atoms with van der Waals surface area (Å²) in [5.74, 6) is -3.33. The number of nitrogens with zero attached hydrogens (tertiary/aromatic N) is 2. The first-order chi connectivity index (χ1) is 18.8. The molecule has 1 amide bonds. The van der Waals surface area contributed by atoms with Gasteiger partial charge in [0.15, 0.2) is 19.0 Å². The summed E-state index contributed by atoms with van der Waals surface area (Å²) in [5, 5.41) is 10.3. The Balaban J connectivity index is 1.70. The zero-order chi connectivity index (χ0) is 30.8. The summed E-state index contributed by atoms with van der Waals surface area (Å²) < 4.78 is 138. The zero-order valence-electron chi connectivity index (χ0n) is 20.4. The van der Waals surface area contributed by atoms with Crippen LogP contribution in [0.4, 0.5) is 32.0 Å². The molecule has 41 heavy (non-hydrogen) atoms. The summed E-state index contributed by atoms with van der Waals surface area (Å²) in [6.07, 6.45) is -9.39. The number of anilines is 1. The monoisotopic (exact) mass is 747 g/mol. The third-order valence-corrected chi connectivity index (χ3v) is 9.36. The Labute approximate surface area is 243 Å². The average Bonchev–Trinajstić information content (AvgIpc) is 3.04. The molecule has 0 unspecified atom stereocenters. The van der Waals surface area contributed by atoms with Gasteiger partial charge in [0.1, 0.15) is 27.8 Å². The van der Waals surface area contributed by atoms with Crippen LogP contribution >= 0.6 is 22.9 Å². The summed E-state index contributed by atoms with van der Waals surface area (Å²) in [4.78, 5) is 10.9. The predicted molar refractivity (Wildman–Crippen MR) is 138 cm³/mol. The van der Waals surface area contributed by atoms with Crippen molar-refractivity contribution in [2.45, 2.75) is 30.1 Å². The van der Waals surface area contributed by atoms with E-state index in [0.717, 1.165) is 15.4 Å². The first-order valence-corrected chi connectivity index (χ1v) is 15.2.